The molecular weight excluding hydrogens is 300 g/mol. The smallest absolute Gasteiger partial charge is 0.229 e. The first-order valence-corrected chi connectivity index (χ1v) is 8.80. The van der Waals surface area contributed by atoms with Crippen LogP contribution in [0.3, 0.4) is 0 Å². The highest BCUT2D eigenvalue weighted by Crippen LogP contribution is 2.17. The normalized spacial score (nSPS) is 16.7. The predicted octanol–water partition coefficient (Wildman–Crippen LogP) is 3.14. The number of nitrogens with zero attached hydrogens (tertiary/aromatic N) is 3. The molecule has 1 aliphatic rings. The number of carbonyl (C=O) groups is 1. The van der Waals surface area contributed by atoms with E-state index in [0.29, 0.717) is 6.54 Å². The minimum absolute atomic E-state index is 0.0284. The van der Waals surface area contributed by atoms with Crippen LogP contribution in [-0.2, 0) is 17.9 Å². The third kappa shape index (κ3) is 4.68. The standard InChI is InChI=1S/C19H26N4O/c1-16(14-23-12-6-9-20-23)19(24)21-18-8-5-7-17(13-18)15-22-10-3-2-4-11-22/h5-9,12-13,16H,2-4,10-11,14-15H2,1H3,(H,21,24). The molecule has 3 rings (SSSR count). The minimum Gasteiger partial charge on any atom is -0.326 e. The number of rotatable bonds is 6. The third-order valence-electron chi connectivity index (χ3n) is 4.52. The van der Waals surface area contributed by atoms with Crippen LogP contribution in [0.1, 0.15) is 31.7 Å². The lowest BCUT2D eigenvalue weighted by Crippen LogP contribution is -2.29. The van der Waals surface area contributed by atoms with Crippen LogP contribution in [-0.4, -0.2) is 33.7 Å². The van der Waals surface area contributed by atoms with Crippen LogP contribution in [0.5, 0.6) is 0 Å². The molecule has 0 spiro atoms. The second-order valence-corrected chi connectivity index (χ2v) is 6.66. The van der Waals surface area contributed by atoms with E-state index in [4.69, 9.17) is 0 Å². The Morgan fingerprint density at radius 3 is 2.83 bits per heavy atom. The number of carbonyl (C=O) groups excluding carboxylic acids is 1. The van der Waals surface area contributed by atoms with E-state index in [9.17, 15) is 4.79 Å². The first kappa shape index (κ1) is 16.7. The van der Waals surface area contributed by atoms with Crippen LogP contribution >= 0.6 is 0 Å². The highest BCUT2D eigenvalue weighted by atomic mass is 16.1. The van der Waals surface area contributed by atoms with Crippen molar-refractivity contribution < 1.29 is 4.79 Å². The molecule has 1 N–H and O–H groups in total. The Bertz CT molecular complexity index is 647. The summed E-state index contributed by atoms with van der Waals surface area (Å²) in [4.78, 5) is 14.9. The predicted molar refractivity (Wildman–Crippen MR) is 95.6 cm³/mol. The summed E-state index contributed by atoms with van der Waals surface area (Å²) in [6, 6.07) is 10.1. The van der Waals surface area contributed by atoms with Gasteiger partial charge >= 0.3 is 0 Å². The van der Waals surface area contributed by atoms with Crippen LogP contribution in [0, 0.1) is 5.92 Å². The first-order valence-electron chi connectivity index (χ1n) is 8.80. The third-order valence-corrected chi connectivity index (χ3v) is 4.52. The van der Waals surface area contributed by atoms with Crippen molar-refractivity contribution in [3.63, 3.8) is 0 Å². The van der Waals surface area contributed by atoms with E-state index >= 15 is 0 Å². The molecule has 2 aromatic rings. The molecule has 2 heterocycles. The Morgan fingerprint density at radius 1 is 1.25 bits per heavy atom. The quantitative estimate of drug-likeness (QED) is 0.887. The Hall–Kier alpha value is -2.14. The number of benzene rings is 1. The number of aromatic nitrogens is 2. The molecule has 1 atom stereocenters. The SMILES string of the molecule is CC(Cn1cccn1)C(=O)Nc1cccc(CN2CCCCC2)c1. The van der Waals surface area contributed by atoms with Gasteiger partial charge in [-0.2, -0.15) is 5.10 Å². The number of anilines is 1. The Morgan fingerprint density at radius 2 is 2.08 bits per heavy atom. The summed E-state index contributed by atoms with van der Waals surface area (Å²) in [5.41, 5.74) is 2.14. The maximum atomic E-state index is 12.4. The highest BCUT2D eigenvalue weighted by Gasteiger charge is 2.15. The van der Waals surface area contributed by atoms with Gasteiger partial charge in [0.25, 0.3) is 0 Å². The van der Waals surface area contributed by atoms with Crippen LogP contribution in [0.25, 0.3) is 0 Å². The zero-order valence-corrected chi connectivity index (χ0v) is 14.3. The van der Waals surface area contributed by atoms with Gasteiger partial charge in [-0.3, -0.25) is 14.4 Å². The fourth-order valence-electron chi connectivity index (χ4n) is 3.16. The Kier molecular flexibility index (Phi) is 5.64. The van der Waals surface area contributed by atoms with Crippen molar-refractivity contribution in [3.8, 4) is 0 Å². The molecule has 5 heteroatoms. The lowest BCUT2D eigenvalue weighted by molar-refractivity contribution is -0.119. The lowest BCUT2D eigenvalue weighted by Gasteiger charge is -2.26. The summed E-state index contributed by atoms with van der Waals surface area (Å²) < 4.78 is 1.79. The van der Waals surface area contributed by atoms with Crippen LogP contribution < -0.4 is 5.32 Å². The van der Waals surface area contributed by atoms with Gasteiger partial charge in [-0.15, -0.1) is 0 Å². The second kappa shape index (κ2) is 8.11. The van der Waals surface area contributed by atoms with Crippen molar-refractivity contribution in [1.82, 2.24) is 14.7 Å². The van der Waals surface area contributed by atoms with Crippen molar-refractivity contribution in [1.29, 1.82) is 0 Å². The van der Waals surface area contributed by atoms with Gasteiger partial charge in [0.1, 0.15) is 0 Å². The van der Waals surface area contributed by atoms with Crippen molar-refractivity contribution in [3.05, 3.63) is 48.3 Å². The van der Waals surface area contributed by atoms with Crippen molar-refractivity contribution >= 4 is 11.6 Å². The number of hydrogen-bond acceptors (Lipinski definition) is 3. The van der Waals surface area contributed by atoms with Gasteiger partial charge in [-0.1, -0.05) is 25.5 Å². The maximum absolute atomic E-state index is 12.4. The van der Waals surface area contributed by atoms with Crippen molar-refractivity contribution in [2.24, 2.45) is 5.92 Å². The van der Waals surface area contributed by atoms with Gasteiger partial charge in [0.05, 0.1) is 12.5 Å². The molecule has 1 fully saturated rings. The van der Waals surface area contributed by atoms with Crippen LogP contribution in [0.15, 0.2) is 42.7 Å². The van der Waals surface area contributed by atoms with Gasteiger partial charge in [0.15, 0.2) is 0 Å². The Labute approximate surface area is 143 Å². The molecule has 1 aromatic heterocycles. The van der Waals surface area contributed by atoms with Gasteiger partial charge in [0, 0.05) is 24.6 Å². The molecule has 0 radical (unpaired) electrons. The first-order chi connectivity index (χ1) is 11.7. The zero-order valence-electron chi connectivity index (χ0n) is 14.3. The van der Waals surface area contributed by atoms with Gasteiger partial charge in [0.2, 0.25) is 5.91 Å². The molecule has 128 valence electrons. The van der Waals surface area contributed by atoms with E-state index in [-0.39, 0.29) is 11.8 Å². The van der Waals surface area contributed by atoms with E-state index < -0.39 is 0 Å². The monoisotopic (exact) mass is 326 g/mol. The number of nitrogens with one attached hydrogen (secondary N) is 1. The number of hydrogen-bond donors (Lipinski definition) is 1. The van der Waals surface area contributed by atoms with Gasteiger partial charge in [-0.05, 0) is 49.7 Å². The number of piperidine rings is 1. The van der Waals surface area contributed by atoms with E-state index in [2.05, 4.69) is 27.4 Å². The number of amides is 1. The van der Waals surface area contributed by atoms with Crippen molar-refractivity contribution in [2.75, 3.05) is 18.4 Å². The average Bonchev–Trinajstić information content (AvgIpc) is 3.09. The fraction of sp³-hybridized carbons (Fsp3) is 0.474. The van der Waals surface area contributed by atoms with E-state index in [1.807, 2.05) is 31.3 Å². The van der Waals surface area contributed by atoms with E-state index in [0.717, 1.165) is 12.2 Å². The molecule has 1 amide bonds. The average molecular weight is 326 g/mol. The molecule has 1 unspecified atom stereocenters. The van der Waals surface area contributed by atoms with Gasteiger partial charge < -0.3 is 5.32 Å². The molecular formula is C19H26N4O. The van der Waals surface area contributed by atoms with Crippen LogP contribution in [0.2, 0.25) is 0 Å². The summed E-state index contributed by atoms with van der Waals surface area (Å²) in [6.07, 6.45) is 7.54. The molecule has 1 aromatic carbocycles. The summed E-state index contributed by atoms with van der Waals surface area (Å²) in [7, 11) is 0. The second-order valence-electron chi connectivity index (χ2n) is 6.66. The molecule has 5 nitrogen and oxygen atoms in total. The number of likely N-dealkylation sites (tertiary alicyclic amines) is 1. The van der Waals surface area contributed by atoms with Crippen molar-refractivity contribution in [2.45, 2.75) is 39.3 Å². The largest absolute Gasteiger partial charge is 0.326 e. The van der Waals surface area contributed by atoms with E-state index in [1.165, 1.54) is 37.9 Å². The maximum Gasteiger partial charge on any atom is 0.229 e. The summed E-state index contributed by atoms with van der Waals surface area (Å²) in [6.45, 7) is 5.84. The molecule has 1 saturated heterocycles. The molecule has 0 saturated carbocycles. The topological polar surface area (TPSA) is 50.2 Å². The summed E-state index contributed by atoms with van der Waals surface area (Å²) >= 11 is 0. The molecule has 24 heavy (non-hydrogen) atoms. The van der Waals surface area contributed by atoms with Gasteiger partial charge in [-0.25, -0.2) is 0 Å². The lowest BCUT2D eigenvalue weighted by atomic mass is 10.1. The van der Waals surface area contributed by atoms with E-state index in [1.54, 1.807) is 10.9 Å². The Balaban J connectivity index is 1.56. The fourth-order valence-corrected chi connectivity index (χ4v) is 3.16. The zero-order chi connectivity index (χ0) is 16.8. The summed E-state index contributed by atoms with van der Waals surface area (Å²) in [5.74, 6) is -0.101. The molecule has 0 aliphatic carbocycles. The van der Waals surface area contributed by atoms with Crippen LogP contribution in [0.4, 0.5) is 5.69 Å². The molecule has 0 bridgehead atoms. The minimum atomic E-state index is -0.129. The molecule has 1 aliphatic heterocycles. The highest BCUT2D eigenvalue weighted by molar-refractivity contribution is 5.92. The summed E-state index contributed by atoms with van der Waals surface area (Å²) in [5, 5.41) is 7.19.